The number of nitrogens with zero attached hydrogens (tertiary/aromatic N) is 1. The van der Waals surface area contributed by atoms with Gasteiger partial charge < -0.3 is 15.7 Å². The lowest BCUT2D eigenvalue weighted by Gasteiger charge is -2.22. The van der Waals surface area contributed by atoms with Gasteiger partial charge in [-0.3, -0.25) is 0 Å². The van der Waals surface area contributed by atoms with Crippen molar-refractivity contribution < 1.29 is 5.11 Å². The smallest absolute Gasteiger partial charge is 0.103 e. The standard InChI is InChI=1S/C14H22N2OS/c1-10(2)8-16(3)9-13(17)11-4-6-12(7-5-11)14(15)18/h4-7,10,13,17H,8-9H2,1-3H3,(H2,15,18). The molecule has 1 unspecified atom stereocenters. The van der Waals surface area contributed by atoms with Crippen molar-refractivity contribution >= 4 is 17.2 Å². The number of likely N-dealkylation sites (N-methyl/N-ethyl adjacent to an activating group) is 1. The molecular formula is C14H22N2OS. The molecule has 1 aromatic rings. The summed E-state index contributed by atoms with van der Waals surface area (Å²) in [6.45, 7) is 5.94. The molecule has 0 spiro atoms. The molecule has 4 heteroatoms. The molecular weight excluding hydrogens is 244 g/mol. The zero-order valence-electron chi connectivity index (χ0n) is 11.3. The molecule has 0 saturated heterocycles. The Kier molecular flexibility index (Phi) is 5.72. The maximum atomic E-state index is 10.1. The largest absolute Gasteiger partial charge is 0.389 e. The average Bonchev–Trinajstić information content (AvgIpc) is 2.27. The summed E-state index contributed by atoms with van der Waals surface area (Å²) < 4.78 is 0. The molecule has 0 aliphatic heterocycles. The van der Waals surface area contributed by atoms with Crippen LogP contribution in [0.3, 0.4) is 0 Å². The Morgan fingerprint density at radius 2 is 1.83 bits per heavy atom. The minimum atomic E-state index is -0.478. The fraction of sp³-hybridized carbons (Fsp3) is 0.500. The van der Waals surface area contributed by atoms with Crippen LogP contribution in [0.15, 0.2) is 24.3 Å². The molecule has 1 aromatic carbocycles. The van der Waals surface area contributed by atoms with Gasteiger partial charge in [-0.25, -0.2) is 0 Å². The predicted molar refractivity (Wildman–Crippen MR) is 79.6 cm³/mol. The van der Waals surface area contributed by atoms with Crippen LogP contribution in [-0.2, 0) is 0 Å². The van der Waals surface area contributed by atoms with Gasteiger partial charge in [-0.15, -0.1) is 0 Å². The molecule has 18 heavy (non-hydrogen) atoms. The van der Waals surface area contributed by atoms with E-state index in [1.54, 1.807) is 0 Å². The third-order valence-corrected chi connectivity index (χ3v) is 2.98. The third-order valence-electron chi connectivity index (χ3n) is 2.74. The number of hydrogen-bond acceptors (Lipinski definition) is 3. The van der Waals surface area contributed by atoms with Gasteiger partial charge in [0.15, 0.2) is 0 Å². The van der Waals surface area contributed by atoms with E-state index >= 15 is 0 Å². The predicted octanol–water partition coefficient (Wildman–Crippen LogP) is 1.94. The first-order valence-electron chi connectivity index (χ1n) is 6.16. The Hall–Kier alpha value is -0.970. The Morgan fingerprint density at radius 3 is 2.28 bits per heavy atom. The first kappa shape index (κ1) is 15.1. The highest BCUT2D eigenvalue weighted by Gasteiger charge is 2.11. The van der Waals surface area contributed by atoms with Crippen molar-refractivity contribution in [1.82, 2.24) is 4.90 Å². The number of rotatable bonds is 6. The number of benzene rings is 1. The van der Waals surface area contributed by atoms with E-state index in [0.29, 0.717) is 17.5 Å². The summed E-state index contributed by atoms with van der Waals surface area (Å²) >= 11 is 4.90. The molecule has 1 atom stereocenters. The molecule has 0 amide bonds. The summed E-state index contributed by atoms with van der Waals surface area (Å²) in [5.74, 6) is 0.596. The topological polar surface area (TPSA) is 49.5 Å². The van der Waals surface area contributed by atoms with Gasteiger partial charge in [-0.2, -0.15) is 0 Å². The van der Waals surface area contributed by atoms with Crippen LogP contribution < -0.4 is 5.73 Å². The Morgan fingerprint density at radius 1 is 1.28 bits per heavy atom. The summed E-state index contributed by atoms with van der Waals surface area (Å²) in [4.78, 5) is 2.52. The summed E-state index contributed by atoms with van der Waals surface area (Å²) in [5, 5.41) is 10.1. The molecule has 0 radical (unpaired) electrons. The molecule has 1 rings (SSSR count). The van der Waals surface area contributed by atoms with E-state index in [0.717, 1.165) is 17.7 Å². The zero-order chi connectivity index (χ0) is 13.7. The first-order chi connectivity index (χ1) is 8.40. The van der Waals surface area contributed by atoms with Crippen LogP contribution in [0.5, 0.6) is 0 Å². The van der Waals surface area contributed by atoms with Crippen molar-refractivity contribution in [2.45, 2.75) is 20.0 Å². The zero-order valence-corrected chi connectivity index (χ0v) is 12.1. The van der Waals surface area contributed by atoms with Gasteiger partial charge in [0.05, 0.1) is 6.10 Å². The van der Waals surface area contributed by atoms with E-state index in [1.807, 2.05) is 31.3 Å². The van der Waals surface area contributed by atoms with Gasteiger partial charge >= 0.3 is 0 Å². The van der Waals surface area contributed by atoms with E-state index in [4.69, 9.17) is 18.0 Å². The molecule has 0 aromatic heterocycles. The molecule has 0 saturated carbocycles. The second kappa shape index (κ2) is 6.83. The summed E-state index contributed by atoms with van der Waals surface area (Å²) in [6, 6.07) is 7.46. The lowest BCUT2D eigenvalue weighted by molar-refractivity contribution is 0.121. The van der Waals surface area contributed by atoms with Crippen molar-refractivity contribution in [2.75, 3.05) is 20.1 Å². The van der Waals surface area contributed by atoms with E-state index in [1.165, 1.54) is 0 Å². The van der Waals surface area contributed by atoms with E-state index in [-0.39, 0.29) is 0 Å². The molecule has 0 bridgehead atoms. The van der Waals surface area contributed by atoms with Crippen LogP contribution in [0.4, 0.5) is 0 Å². The van der Waals surface area contributed by atoms with Crippen LogP contribution >= 0.6 is 12.2 Å². The van der Waals surface area contributed by atoms with Gasteiger partial charge in [0, 0.05) is 18.7 Å². The van der Waals surface area contributed by atoms with Crippen LogP contribution in [0.2, 0.25) is 0 Å². The van der Waals surface area contributed by atoms with E-state index in [9.17, 15) is 5.11 Å². The number of nitrogens with two attached hydrogens (primary N) is 1. The van der Waals surface area contributed by atoms with Crippen molar-refractivity contribution in [3.8, 4) is 0 Å². The SMILES string of the molecule is CC(C)CN(C)CC(O)c1ccc(C(N)=S)cc1. The highest BCUT2D eigenvalue weighted by atomic mass is 32.1. The van der Waals surface area contributed by atoms with Gasteiger partial charge in [0.1, 0.15) is 4.99 Å². The molecule has 0 heterocycles. The van der Waals surface area contributed by atoms with Crippen molar-refractivity contribution in [3.05, 3.63) is 35.4 Å². The molecule has 100 valence electrons. The Balaban J connectivity index is 2.61. The fourth-order valence-corrected chi connectivity index (χ4v) is 2.10. The average molecular weight is 266 g/mol. The maximum absolute atomic E-state index is 10.1. The molecule has 0 fully saturated rings. The number of aliphatic hydroxyl groups excluding tert-OH is 1. The quantitative estimate of drug-likeness (QED) is 0.773. The van der Waals surface area contributed by atoms with Crippen molar-refractivity contribution in [2.24, 2.45) is 11.7 Å². The molecule has 0 aliphatic carbocycles. The van der Waals surface area contributed by atoms with Crippen LogP contribution in [0, 0.1) is 5.92 Å². The Bertz CT molecular complexity index is 389. The molecule has 3 N–H and O–H groups in total. The normalized spacial score (nSPS) is 13.0. The second-order valence-corrected chi connectivity index (χ2v) is 5.56. The fourth-order valence-electron chi connectivity index (χ4n) is 1.97. The molecule has 3 nitrogen and oxygen atoms in total. The lowest BCUT2D eigenvalue weighted by atomic mass is 10.1. The minimum absolute atomic E-state index is 0.382. The highest BCUT2D eigenvalue weighted by molar-refractivity contribution is 7.80. The number of aliphatic hydroxyl groups is 1. The highest BCUT2D eigenvalue weighted by Crippen LogP contribution is 2.15. The van der Waals surface area contributed by atoms with E-state index < -0.39 is 6.10 Å². The second-order valence-electron chi connectivity index (χ2n) is 5.12. The summed E-state index contributed by atoms with van der Waals surface area (Å²) in [5.41, 5.74) is 7.26. The third kappa shape index (κ3) is 4.72. The maximum Gasteiger partial charge on any atom is 0.103 e. The number of thiocarbonyl (C=S) groups is 1. The first-order valence-corrected chi connectivity index (χ1v) is 6.57. The minimum Gasteiger partial charge on any atom is -0.389 e. The van der Waals surface area contributed by atoms with Gasteiger partial charge in [-0.1, -0.05) is 50.3 Å². The van der Waals surface area contributed by atoms with Gasteiger partial charge in [-0.05, 0) is 18.5 Å². The molecule has 0 aliphatic rings. The van der Waals surface area contributed by atoms with E-state index in [2.05, 4.69) is 18.7 Å². The van der Waals surface area contributed by atoms with Crippen LogP contribution in [-0.4, -0.2) is 35.1 Å². The van der Waals surface area contributed by atoms with Crippen LogP contribution in [0.25, 0.3) is 0 Å². The van der Waals surface area contributed by atoms with Crippen molar-refractivity contribution in [3.63, 3.8) is 0 Å². The number of hydrogen-bond donors (Lipinski definition) is 2. The van der Waals surface area contributed by atoms with Gasteiger partial charge in [0.25, 0.3) is 0 Å². The monoisotopic (exact) mass is 266 g/mol. The lowest BCUT2D eigenvalue weighted by Crippen LogP contribution is -2.28. The van der Waals surface area contributed by atoms with Crippen LogP contribution in [0.1, 0.15) is 31.1 Å². The summed E-state index contributed by atoms with van der Waals surface area (Å²) in [7, 11) is 2.02. The summed E-state index contributed by atoms with van der Waals surface area (Å²) in [6.07, 6.45) is -0.478. The Labute approximate surface area is 115 Å². The van der Waals surface area contributed by atoms with Crippen molar-refractivity contribution in [1.29, 1.82) is 0 Å². The van der Waals surface area contributed by atoms with Gasteiger partial charge in [0.2, 0.25) is 0 Å².